The summed E-state index contributed by atoms with van der Waals surface area (Å²) in [6.07, 6.45) is 2.74. The first-order valence-electron chi connectivity index (χ1n) is 4.91. The monoisotopic (exact) mass is 184 g/mol. The Morgan fingerprint density at radius 2 is 2.00 bits per heavy atom. The van der Waals surface area contributed by atoms with Crippen molar-refractivity contribution in [1.29, 1.82) is 0 Å². The van der Waals surface area contributed by atoms with E-state index in [4.69, 9.17) is 5.11 Å². The van der Waals surface area contributed by atoms with Gasteiger partial charge in [-0.2, -0.15) is 0 Å². The fourth-order valence-electron chi connectivity index (χ4n) is 2.35. The van der Waals surface area contributed by atoms with Gasteiger partial charge < -0.3 is 10.4 Å². The average molecular weight is 184 g/mol. The SMILES string of the molecule is O=C(O)CC1(N2CCCC2)CNC1. The van der Waals surface area contributed by atoms with Crippen LogP contribution in [0.15, 0.2) is 0 Å². The van der Waals surface area contributed by atoms with Gasteiger partial charge in [0.1, 0.15) is 0 Å². The van der Waals surface area contributed by atoms with E-state index in [1.807, 2.05) is 0 Å². The van der Waals surface area contributed by atoms with Gasteiger partial charge in [0.2, 0.25) is 0 Å². The lowest BCUT2D eigenvalue weighted by atomic mass is 9.87. The molecule has 4 nitrogen and oxygen atoms in total. The zero-order chi connectivity index (χ0) is 9.31. The fourth-order valence-corrected chi connectivity index (χ4v) is 2.35. The lowest BCUT2D eigenvalue weighted by Gasteiger charge is -2.48. The zero-order valence-electron chi connectivity index (χ0n) is 7.75. The van der Waals surface area contributed by atoms with Crippen LogP contribution in [-0.4, -0.2) is 47.7 Å². The maximum Gasteiger partial charge on any atom is 0.305 e. The fraction of sp³-hybridized carbons (Fsp3) is 0.889. The van der Waals surface area contributed by atoms with E-state index in [1.165, 1.54) is 12.8 Å². The van der Waals surface area contributed by atoms with Crippen molar-refractivity contribution in [3.63, 3.8) is 0 Å². The maximum absolute atomic E-state index is 10.7. The van der Waals surface area contributed by atoms with Gasteiger partial charge in [-0.1, -0.05) is 0 Å². The standard InChI is InChI=1S/C9H16N2O2/c12-8(13)5-9(6-10-7-9)11-3-1-2-4-11/h10H,1-7H2,(H,12,13). The molecule has 2 rings (SSSR count). The van der Waals surface area contributed by atoms with E-state index in [1.54, 1.807) is 0 Å². The second kappa shape index (κ2) is 3.27. The van der Waals surface area contributed by atoms with Crippen molar-refractivity contribution in [2.24, 2.45) is 0 Å². The highest BCUT2D eigenvalue weighted by Gasteiger charge is 2.44. The van der Waals surface area contributed by atoms with E-state index in [0.717, 1.165) is 26.2 Å². The Hall–Kier alpha value is -0.610. The van der Waals surface area contributed by atoms with Crippen LogP contribution in [0.1, 0.15) is 19.3 Å². The Balaban J connectivity index is 2.01. The molecule has 0 atom stereocenters. The largest absolute Gasteiger partial charge is 0.481 e. The van der Waals surface area contributed by atoms with Gasteiger partial charge >= 0.3 is 5.97 Å². The van der Waals surface area contributed by atoms with Gasteiger partial charge in [-0.3, -0.25) is 9.69 Å². The predicted molar refractivity (Wildman–Crippen MR) is 48.7 cm³/mol. The molecule has 0 radical (unpaired) electrons. The van der Waals surface area contributed by atoms with E-state index in [9.17, 15) is 4.79 Å². The third-order valence-electron chi connectivity index (χ3n) is 3.17. The number of nitrogens with one attached hydrogen (secondary N) is 1. The molecule has 2 fully saturated rings. The first-order valence-corrected chi connectivity index (χ1v) is 4.91. The summed E-state index contributed by atoms with van der Waals surface area (Å²) in [6.45, 7) is 3.85. The van der Waals surface area contributed by atoms with Crippen LogP contribution < -0.4 is 5.32 Å². The highest BCUT2D eigenvalue weighted by Crippen LogP contribution is 2.28. The molecule has 0 aromatic rings. The number of carboxylic acids is 1. The quantitative estimate of drug-likeness (QED) is 0.643. The van der Waals surface area contributed by atoms with Gasteiger partial charge in [0.25, 0.3) is 0 Å². The second-order valence-electron chi connectivity index (χ2n) is 4.09. The summed E-state index contributed by atoms with van der Waals surface area (Å²) >= 11 is 0. The van der Waals surface area contributed by atoms with Crippen molar-refractivity contribution in [3.05, 3.63) is 0 Å². The van der Waals surface area contributed by atoms with Crippen LogP contribution in [0.5, 0.6) is 0 Å². The molecule has 0 aromatic carbocycles. The molecule has 2 heterocycles. The molecule has 4 heteroatoms. The van der Waals surface area contributed by atoms with E-state index >= 15 is 0 Å². The average Bonchev–Trinajstić information content (AvgIpc) is 2.48. The normalized spacial score (nSPS) is 27.1. The number of aliphatic carboxylic acids is 1. The Bertz CT molecular complexity index is 208. The highest BCUT2D eigenvalue weighted by molar-refractivity contribution is 5.68. The number of carbonyl (C=O) groups is 1. The minimum atomic E-state index is -0.673. The summed E-state index contributed by atoms with van der Waals surface area (Å²) in [5.74, 6) is -0.673. The van der Waals surface area contributed by atoms with Crippen LogP contribution in [-0.2, 0) is 4.79 Å². The summed E-state index contributed by atoms with van der Waals surface area (Å²) in [7, 11) is 0. The minimum absolute atomic E-state index is 0.0532. The number of rotatable bonds is 3. The molecule has 2 aliphatic rings. The minimum Gasteiger partial charge on any atom is -0.481 e. The van der Waals surface area contributed by atoms with Gasteiger partial charge in [-0.05, 0) is 25.9 Å². The molecule has 0 spiro atoms. The van der Waals surface area contributed by atoms with E-state index in [-0.39, 0.29) is 5.54 Å². The molecular formula is C9H16N2O2. The number of nitrogens with zero attached hydrogens (tertiary/aromatic N) is 1. The summed E-state index contributed by atoms with van der Waals surface area (Å²) < 4.78 is 0. The van der Waals surface area contributed by atoms with Crippen molar-refractivity contribution >= 4 is 5.97 Å². The topological polar surface area (TPSA) is 52.6 Å². The summed E-state index contributed by atoms with van der Waals surface area (Å²) in [6, 6.07) is 0. The third kappa shape index (κ3) is 1.56. The molecular weight excluding hydrogens is 168 g/mol. The van der Waals surface area contributed by atoms with Gasteiger partial charge in [0.05, 0.1) is 12.0 Å². The van der Waals surface area contributed by atoms with Crippen LogP contribution >= 0.6 is 0 Å². The van der Waals surface area contributed by atoms with Crippen molar-refractivity contribution in [2.45, 2.75) is 24.8 Å². The zero-order valence-corrected chi connectivity index (χ0v) is 7.75. The van der Waals surface area contributed by atoms with Crippen molar-refractivity contribution < 1.29 is 9.90 Å². The summed E-state index contributed by atoms with van der Waals surface area (Å²) in [5.41, 5.74) is -0.0532. The lowest BCUT2D eigenvalue weighted by Crippen LogP contribution is -2.68. The molecule has 2 N–H and O–H groups in total. The van der Waals surface area contributed by atoms with Crippen molar-refractivity contribution in [2.75, 3.05) is 26.2 Å². The first kappa shape index (κ1) is 8.97. The maximum atomic E-state index is 10.7. The van der Waals surface area contributed by atoms with Crippen molar-refractivity contribution in [3.8, 4) is 0 Å². The summed E-state index contributed by atoms with van der Waals surface area (Å²) in [5, 5.41) is 12.0. The molecule has 2 saturated heterocycles. The summed E-state index contributed by atoms with van der Waals surface area (Å²) in [4.78, 5) is 13.1. The van der Waals surface area contributed by atoms with Crippen molar-refractivity contribution in [1.82, 2.24) is 10.2 Å². The Labute approximate surface area is 77.9 Å². The predicted octanol–water partition coefficient (Wildman–Crippen LogP) is -0.101. The molecule has 0 saturated carbocycles. The Morgan fingerprint density at radius 3 is 2.38 bits per heavy atom. The smallest absolute Gasteiger partial charge is 0.305 e. The van der Waals surface area contributed by atoms with Crippen LogP contribution in [0, 0.1) is 0 Å². The van der Waals surface area contributed by atoms with E-state index in [2.05, 4.69) is 10.2 Å². The Kier molecular flexibility index (Phi) is 2.26. The van der Waals surface area contributed by atoms with Gasteiger partial charge in [-0.15, -0.1) is 0 Å². The molecule has 0 amide bonds. The second-order valence-corrected chi connectivity index (χ2v) is 4.09. The Morgan fingerprint density at radius 1 is 1.38 bits per heavy atom. The third-order valence-corrected chi connectivity index (χ3v) is 3.17. The number of hydrogen-bond donors (Lipinski definition) is 2. The van der Waals surface area contributed by atoms with E-state index < -0.39 is 5.97 Å². The van der Waals surface area contributed by atoms with E-state index in [0.29, 0.717) is 6.42 Å². The van der Waals surface area contributed by atoms with Crippen LogP contribution in [0.25, 0.3) is 0 Å². The van der Waals surface area contributed by atoms with Crippen LogP contribution in [0.3, 0.4) is 0 Å². The molecule has 0 bridgehead atoms. The van der Waals surface area contributed by atoms with Crippen LogP contribution in [0.2, 0.25) is 0 Å². The number of likely N-dealkylation sites (tertiary alicyclic amines) is 1. The molecule has 13 heavy (non-hydrogen) atoms. The molecule has 2 aliphatic heterocycles. The number of hydrogen-bond acceptors (Lipinski definition) is 3. The van der Waals surface area contributed by atoms with Gasteiger partial charge in [0, 0.05) is 13.1 Å². The van der Waals surface area contributed by atoms with Crippen LogP contribution in [0.4, 0.5) is 0 Å². The highest BCUT2D eigenvalue weighted by atomic mass is 16.4. The van der Waals surface area contributed by atoms with Gasteiger partial charge in [-0.25, -0.2) is 0 Å². The molecule has 0 aliphatic carbocycles. The molecule has 0 aromatic heterocycles. The molecule has 0 unspecified atom stereocenters. The van der Waals surface area contributed by atoms with Gasteiger partial charge in [0.15, 0.2) is 0 Å². The molecule has 74 valence electrons. The lowest BCUT2D eigenvalue weighted by molar-refractivity contribution is -0.141. The first-order chi connectivity index (χ1) is 6.23. The number of carboxylic acid groups (broad SMARTS) is 1.